The molecule has 1 N–H and O–H groups in total. The highest BCUT2D eigenvalue weighted by Gasteiger charge is 2.07. The van der Waals surface area contributed by atoms with Crippen LogP contribution in [0.3, 0.4) is 0 Å². The van der Waals surface area contributed by atoms with Crippen molar-refractivity contribution in [1.82, 2.24) is 0 Å². The second-order valence-corrected chi connectivity index (χ2v) is 4.43. The quantitative estimate of drug-likeness (QED) is 0.681. The van der Waals surface area contributed by atoms with Crippen molar-refractivity contribution in [2.24, 2.45) is 0 Å². The Morgan fingerprint density at radius 1 is 1.09 bits per heavy atom. The van der Waals surface area contributed by atoms with Crippen molar-refractivity contribution in [3.05, 3.63) is 54.3 Å². The summed E-state index contributed by atoms with van der Waals surface area (Å²) in [6.07, 6.45) is 0. The van der Waals surface area contributed by atoms with E-state index in [1.807, 2.05) is 0 Å². The molecule has 0 saturated heterocycles. The van der Waals surface area contributed by atoms with Gasteiger partial charge in [0.05, 0.1) is 0 Å². The largest absolute Gasteiger partial charge is 0.482 e. The van der Waals surface area contributed by atoms with Crippen LogP contribution < -0.4 is 14.8 Å². The molecule has 2 aromatic carbocycles. The normalized spacial score (nSPS) is 9.91. The number of esters is 1. The van der Waals surface area contributed by atoms with E-state index in [2.05, 4.69) is 5.32 Å². The third-order valence-corrected chi connectivity index (χ3v) is 2.54. The van der Waals surface area contributed by atoms with Crippen LogP contribution in [-0.2, 0) is 9.59 Å². The molecule has 0 fully saturated rings. The van der Waals surface area contributed by atoms with Gasteiger partial charge >= 0.3 is 5.97 Å². The smallest absolute Gasteiger partial charge is 0.349 e. The molecular weight excluding hydrogens is 289 g/mol. The molecule has 5 nitrogen and oxygen atoms in total. The molecule has 0 heterocycles. The number of anilines is 1. The summed E-state index contributed by atoms with van der Waals surface area (Å²) in [7, 11) is 0. The van der Waals surface area contributed by atoms with E-state index in [0.717, 1.165) is 0 Å². The van der Waals surface area contributed by atoms with Crippen LogP contribution in [0.4, 0.5) is 10.1 Å². The lowest BCUT2D eigenvalue weighted by molar-refractivity contribution is -0.136. The van der Waals surface area contributed by atoms with Gasteiger partial charge in [-0.1, -0.05) is 12.1 Å². The number of carbonyl (C=O) groups excluding carboxylic acids is 2. The SMILES string of the molecule is CC(=O)Nc1cccc(OC(=O)COc2cccc(F)c2)c1. The van der Waals surface area contributed by atoms with Gasteiger partial charge in [-0.15, -0.1) is 0 Å². The molecule has 0 aliphatic carbocycles. The van der Waals surface area contributed by atoms with Crippen molar-refractivity contribution >= 4 is 17.6 Å². The van der Waals surface area contributed by atoms with Crippen molar-refractivity contribution in [1.29, 1.82) is 0 Å². The standard InChI is InChI=1S/C16H14FNO4/c1-11(19)18-13-5-3-7-15(9-13)22-16(20)10-21-14-6-2-4-12(17)8-14/h2-9H,10H2,1H3,(H,18,19). The maximum atomic E-state index is 13.0. The Balaban J connectivity index is 1.90. The van der Waals surface area contributed by atoms with E-state index in [4.69, 9.17) is 9.47 Å². The van der Waals surface area contributed by atoms with E-state index < -0.39 is 11.8 Å². The van der Waals surface area contributed by atoms with E-state index in [1.54, 1.807) is 18.2 Å². The maximum Gasteiger partial charge on any atom is 0.349 e. The van der Waals surface area contributed by atoms with Gasteiger partial charge in [0.2, 0.25) is 5.91 Å². The Kier molecular flexibility index (Phi) is 5.08. The molecule has 22 heavy (non-hydrogen) atoms. The van der Waals surface area contributed by atoms with Crippen molar-refractivity contribution in [2.45, 2.75) is 6.92 Å². The van der Waals surface area contributed by atoms with Crippen LogP contribution in [-0.4, -0.2) is 18.5 Å². The van der Waals surface area contributed by atoms with Gasteiger partial charge in [-0.25, -0.2) is 9.18 Å². The van der Waals surface area contributed by atoms with Crippen LogP contribution in [0.1, 0.15) is 6.92 Å². The minimum absolute atomic E-state index is 0.224. The molecule has 0 atom stereocenters. The van der Waals surface area contributed by atoms with Crippen LogP contribution in [0, 0.1) is 5.82 Å². The number of hydrogen-bond acceptors (Lipinski definition) is 4. The number of benzene rings is 2. The zero-order chi connectivity index (χ0) is 15.9. The Hall–Kier alpha value is -2.89. The summed E-state index contributed by atoms with van der Waals surface area (Å²) in [5.74, 6) is -0.793. The van der Waals surface area contributed by atoms with Gasteiger partial charge < -0.3 is 14.8 Å². The first-order chi connectivity index (χ1) is 10.5. The minimum atomic E-state index is -0.635. The molecular formula is C16H14FNO4. The van der Waals surface area contributed by atoms with Gasteiger partial charge in [0.25, 0.3) is 0 Å². The lowest BCUT2D eigenvalue weighted by atomic mass is 10.3. The average molecular weight is 303 g/mol. The van der Waals surface area contributed by atoms with Crippen molar-refractivity contribution in [3.8, 4) is 11.5 Å². The van der Waals surface area contributed by atoms with Crippen molar-refractivity contribution in [2.75, 3.05) is 11.9 Å². The van der Waals surface area contributed by atoms with Crippen LogP contribution in [0.25, 0.3) is 0 Å². The van der Waals surface area contributed by atoms with E-state index in [0.29, 0.717) is 5.69 Å². The Labute approximate surface area is 126 Å². The van der Waals surface area contributed by atoms with Crippen LogP contribution in [0.2, 0.25) is 0 Å². The maximum absolute atomic E-state index is 13.0. The first kappa shape index (κ1) is 15.5. The molecule has 0 aliphatic rings. The molecule has 1 amide bonds. The van der Waals surface area contributed by atoms with Crippen LogP contribution in [0.5, 0.6) is 11.5 Å². The van der Waals surface area contributed by atoms with Gasteiger partial charge in [0.1, 0.15) is 17.3 Å². The number of hydrogen-bond donors (Lipinski definition) is 1. The third kappa shape index (κ3) is 4.90. The summed E-state index contributed by atoms with van der Waals surface area (Å²) < 4.78 is 23.2. The second-order valence-electron chi connectivity index (χ2n) is 4.43. The number of carbonyl (C=O) groups is 2. The fourth-order valence-corrected chi connectivity index (χ4v) is 1.70. The molecule has 6 heteroatoms. The molecule has 0 unspecified atom stereocenters. The van der Waals surface area contributed by atoms with E-state index >= 15 is 0 Å². The number of rotatable bonds is 5. The second kappa shape index (κ2) is 7.21. The summed E-state index contributed by atoms with van der Waals surface area (Å²) >= 11 is 0. The molecule has 0 bridgehead atoms. The molecule has 0 saturated carbocycles. The number of amides is 1. The summed E-state index contributed by atoms with van der Waals surface area (Å²) in [5.41, 5.74) is 0.517. The summed E-state index contributed by atoms with van der Waals surface area (Å²) in [6, 6.07) is 11.9. The lowest BCUT2D eigenvalue weighted by Crippen LogP contribution is -2.17. The predicted molar refractivity (Wildman–Crippen MR) is 78.3 cm³/mol. The first-order valence-electron chi connectivity index (χ1n) is 6.49. The first-order valence-corrected chi connectivity index (χ1v) is 6.49. The van der Waals surface area contributed by atoms with Crippen LogP contribution in [0.15, 0.2) is 48.5 Å². The van der Waals surface area contributed by atoms with Gasteiger partial charge in [-0.2, -0.15) is 0 Å². The molecule has 0 aliphatic heterocycles. The molecule has 0 aromatic heterocycles. The zero-order valence-electron chi connectivity index (χ0n) is 11.8. The van der Waals surface area contributed by atoms with E-state index in [-0.39, 0.29) is 24.0 Å². The topological polar surface area (TPSA) is 64.6 Å². The predicted octanol–water partition coefficient (Wildman–Crippen LogP) is 2.77. The van der Waals surface area contributed by atoms with Gasteiger partial charge in [0, 0.05) is 24.7 Å². The Morgan fingerprint density at radius 2 is 1.82 bits per heavy atom. The number of ether oxygens (including phenoxy) is 2. The van der Waals surface area contributed by atoms with Gasteiger partial charge in [-0.3, -0.25) is 4.79 Å². The highest BCUT2D eigenvalue weighted by atomic mass is 19.1. The zero-order valence-corrected chi connectivity index (χ0v) is 11.8. The molecule has 2 rings (SSSR count). The van der Waals surface area contributed by atoms with Gasteiger partial charge in [0.15, 0.2) is 6.61 Å². The highest BCUT2D eigenvalue weighted by Crippen LogP contribution is 2.18. The van der Waals surface area contributed by atoms with Gasteiger partial charge in [-0.05, 0) is 24.3 Å². The molecule has 0 radical (unpaired) electrons. The summed E-state index contributed by atoms with van der Waals surface area (Å²) in [6.45, 7) is 1.03. The number of halogens is 1. The average Bonchev–Trinajstić information content (AvgIpc) is 2.45. The summed E-state index contributed by atoms with van der Waals surface area (Å²) in [4.78, 5) is 22.6. The van der Waals surface area contributed by atoms with E-state index in [9.17, 15) is 14.0 Å². The number of nitrogens with one attached hydrogen (secondary N) is 1. The fraction of sp³-hybridized carbons (Fsp3) is 0.125. The third-order valence-electron chi connectivity index (χ3n) is 2.54. The lowest BCUT2D eigenvalue weighted by Gasteiger charge is -2.08. The van der Waals surface area contributed by atoms with E-state index in [1.165, 1.54) is 37.3 Å². The summed E-state index contributed by atoms with van der Waals surface area (Å²) in [5, 5.41) is 2.58. The van der Waals surface area contributed by atoms with Crippen LogP contribution >= 0.6 is 0 Å². The monoisotopic (exact) mass is 303 g/mol. The van der Waals surface area contributed by atoms with Crippen molar-refractivity contribution < 1.29 is 23.5 Å². The van der Waals surface area contributed by atoms with Crippen molar-refractivity contribution in [3.63, 3.8) is 0 Å². The molecule has 114 valence electrons. The minimum Gasteiger partial charge on any atom is -0.482 e. The Morgan fingerprint density at radius 3 is 2.55 bits per heavy atom. The highest BCUT2D eigenvalue weighted by molar-refractivity contribution is 5.89. The molecule has 2 aromatic rings. The fourth-order valence-electron chi connectivity index (χ4n) is 1.70. The molecule has 0 spiro atoms. The Bertz CT molecular complexity index is 687.